The van der Waals surface area contributed by atoms with Crippen LogP contribution in [-0.4, -0.2) is 23.8 Å². The molecule has 0 saturated heterocycles. The van der Waals surface area contributed by atoms with E-state index in [1.165, 1.54) is 0 Å². The van der Waals surface area contributed by atoms with Gasteiger partial charge < -0.3 is 10.2 Å². The fraction of sp³-hybridized carbons (Fsp3) is 0.385. The van der Waals surface area contributed by atoms with Gasteiger partial charge in [-0.2, -0.15) is 0 Å². The molecule has 0 radical (unpaired) electrons. The van der Waals surface area contributed by atoms with E-state index in [0.29, 0.717) is 6.54 Å². The number of amides is 2. The molecule has 1 aliphatic carbocycles. The van der Waals surface area contributed by atoms with Crippen molar-refractivity contribution in [3.05, 3.63) is 29.3 Å². The Morgan fingerprint density at radius 1 is 1.41 bits per heavy atom. The number of ketones is 1. The van der Waals surface area contributed by atoms with Crippen molar-refractivity contribution in [2.45, 2.75) is 19.4 Å². The molecule has 1 aliphatic heterocycles. The van der Waals surface area contributed by atoms with Crippen LogP contribution in [0.25, 0.3) is 0 Å². The molecular weight excluding hydrogens is 216 g/mol. The number of hydrogen-bond donors (Lipinski definition) is 1. The Morgan fingerprint density at radius 2 is 2.18 bits per heavy atom. The number of carbonyl (C=O) groups excluding carboxylic acids is 2. The fourth-order valence-corrected chi connectivity index (χ4v) is 2.12. The van der Waals surface area contributed by atoms with Gasteiger partial charge in [0.25, 0.3) is 0 Å². The molecule has 1 aromatic rings. The molecule has 0 unspecified atom stereocenters. The van der Waals surface area contributed by atoms with Crippen LogP contribution in [-0.2, 0) is 6.54 Å². The van der Waals surface area contributed by atoms with Gasteiger partial charge in [0, 0.05) is 30.8 Å². The molecule has 2 aliphatic rings. The van der Waals surface area contributed by atoms with Crippen molar-refractivity contribution in [1.29, 1.82) is 0 Å². The van der Waals surface area contributed by atoms with E-state index in [2.05, 4.69) is 5.32 Å². The molecule has 0 spiro atoms. The Kier molecular flexibility index (Phi) is 2.18. The summed E-state index contributed by atoms with van der Waals surface area (Å²) in [5.74, 6) is 0.483. The van der Waals surface area contributed by atoms with E-state index in [4.69, 9.17) is 0 Å². The minimum atomic E-state index is -0.0984. The normalized spacial score (nSPS) is 18.6. The third-order valence-corrected chi connectivity index (χ3v) is 3.33. The Balaban J connectivity index is 1.93. The van der Waals surface area contributed by atoms with Crippen molar-refractivity contribution >= 4 is 17.5 Å². The fourth-order valence-electron chi connectivity index (χ4n) is 2.12. The lowest BCUT2D eigenvalue weighted by Gasteiger charge is -2.26. The second-order valence-corrected chi connectivity index (χ2v) is 4.80. The highest BCUT2D eigenvalue weighted by Crippen LogP contribution is 2.34. The summed E-state index contributed by atoms with van der Waals surface area (Å²) in [6.45, 7) is 0.562. The molecule has 0 atom stereocenters. The lowest BCUT2D eigenvalue weighted by Crippen LogP contribution is -2.35. The summed E-state index contributed by atoms with van der Waals surface area (Å²) in [6.07, 6.45) is 2.04. The first-order chi connectivity index (χ1) is 8.15. The summed E-state index contributed by atoms with van der Waals surface area (Å²) in [4.78, 5) is 25.0. The molecular formula is C13H14N2O2. The number of benzene rings is 1. The predicted octanol–water partition coefficient (Wildman–Crippen LogP) is 2.26. The van der Waals surface area contributed by atoms with Gasteiger partial charge in [0.1, 0.15) is 0 Å². The van der Waals surface area contributed by atoms with Gasteiger partial charge in [0.15, 0.2) is 5.78 Å². The summed E-state index contributed by atoms with van der Waals surface area (Å²) in [6, 6.07) is 5.45. The zero-order chi connectivity index (χ0) is 12.0. The molecule has 17 heavy (non-hydrogen) atoms. The quantitative estimate of drug-likeness (QED) is 0.792. The van der Waals surface area contributed by atoms with Crippen LogP contribution >= 0.6 is 0 Å². The van der Waals surface area contributed by atoms with Gasteiger partial charge >= 0.3 is 6.03 Å². The van der Waals surface area contributed by atoms with E-state index >= 15 is 0 Å². The van der Waals surface area contributed by atoms with Crippen LogP contribution in [0.3, 0.4) is 0 Å². The van der Waals surface area contributed by atoms with Gasteiger partial charge in [-0.05, 0) is 36.6 Å². The Hall–Kier alpha value is -1.84. The number of Topliss-reactive ketones (excluding diaryl/α,β-unsaturated/α-hetero) is 1. The zero-order valence-corrected chi connectivity index (χ0v) is 9.69. The SMILES string of the molecule is CN1Cc2cc(C(=O)C3CC3)ccc2NC1=O. The van der Waals surface area contributed by atoms with Gasteiger partial charge in [-0.1, -0.05) is 0 Å². The number of fused-ring (bicyclic) bond motifs is 1. The summed E-state index contributed by atoms with van der Waals surface area (Å²) in [7, 11) is 1.74. The first-order valence-electron chi connectivity index (χ1n) is 5.84. The standard InChI is InChI=1S/C13H14N2O2/c1-15-7-10-6-9(12(16)8-2-3-8)4-5-11(10)14-13(15)17/h4-6,8H,2-3,7H2,1H3,(H,14,17). The lowest BCUT2D eigenvalue weighted by molar-refractivity contribution is 0.0967. The van der Waals surface area contributed by atoms with Crippen molar-refractivity contribution in [3.8, 4) is 0 Å². The van der Waals surface area contributed by atoms with Crippen LogP contribution in [0.2, 0.25) is 0 Å². The van der Waals surface area contributed by atoms with Crippen molar-refractivity contribution in [3.63, 3.8) is 0 Å². The van der Waals surface area contributed by atoms with Gasteiger partial charge in [0.2, 0.25) is 0 Å². The minimum absolute atomic E-state index is 0.0984. The predicted molar refractivity (Wildman–Crippen MR) is 64.0 cm³/mol. The third kappa shape index (κ3) is 1.79. The Morgan fingerprint density at radius 3 is 2.88 bits per heavy atom. The molecule has 0 aromatic heterocycles. The van der Waals surface area contributed by atoms with Crippen molar-refractivity contribution < 1.29 is 9.59 Å². The highest BCUT2D eigenvalue weighted by molar-refractivity contribution is 6.00. The highest BCUT2D eigenvalue weighted by atomic mass is 16.2. The highest BCUT2D eigenvalue weighted by Gasteiger charge is 2.31. The number of nitrogens with zero attached hydrogens (tertiary/aromatic N) is 1. The lowest BCUT2D eigenvalue weighted by atomic mass is 10.0. The van der Waals surface area contributed by atoms with Crippen LogP contribution in [0.5, 0.6) is 0 Å². The van der Waals surface area contributed by atoms with E-state index in [0.717, 1.165) is 29.7 Å². The Labute approximate surface area is 99.6 Å². The topological polar surface area (TPSA) is 49.4 Å². The molecule has 1 saturated carbocycles. The largest absolute Gasteiger partial charge is 0.323 e. The maximum atomic E-state index is 11.9. The summed E-state index contributed by atoms with van der Waals surface area (Å²) in [5.41, 5.74) is 2.61. The van der Waals surface area contributed by atoms with E-state index in [9.17, 15) is 9.59 Å². The molecule has 1 aromatic carbocycles. The van der Waals surface area contributed by atoms with E-state index in [1.807, 2.05) is 18.2 Å². The Bertz CT molecular complexity index is 506. The third-order valence-electron chi connectivity index (χ3n) is 3.33. The molecule has 1 N–H and O–H groups in total. The monoisotopic (exact) mass is 230 g/mol. The smallest absolute Gasteiger partial charge is 0.321 e. The molecule has 4 heteroatoms. The average Bonchev–Trinajstić information content (AvgIpc) is 3.13. The maximum absolute atomic E-state index is 11.9. The van der Waals surface area contributed by atoms with Gasteiger partial charge in [-0.3, -0.25) is 4.79 Å². The molecule has 4 nitrogen and oxygen atoms in total. The molecule has 3 rings (SSSR count). The van der Waals surface area contributed by atoms with Crippen LogP contribution in [0.1, 0.15) is 28.8 Å². The van der Waals surface area contributed by atoms with E-state index in [-0.39, 0.29) is 17.7 Å². The maximum Gasteiger partial charge on any atom is 0.321 e. The number of hydrogen-bond acceptors (Lipinski definition) is 2. The number of rotatable bonds is 2. The minimum Gasteiger partial charge on any atom is -0.323 e. The van der Waals surface area contributed by atoms with Crippen molar-refractivity contribution in [2.24, 2.45) is 5.92 Å². The summed E-state index contributed by atoms with van der Waals surface area (Å²) < 4.78 is 0. The zero-order valence-electron chi connectivity index (χ0n) is 9.69. The number of nitrogens with one attached hydrogen (secondary N) is 1. The van der Waals surface area contributed by atoms with Crippen LogP contribution in [0, 0.1) is 5.92 Å². The molecule has 0 bridgehead atoms. The number of carbonyl (C=O) groups is 2. The molecule has 1 heterocycles. The number of anilines is 1. The van der Waals surface area contributed by atoms with Gasteiger partial charge in [-0.15, -0.1) is 0 Å². The average molecular weight is 230 g/mol. The van der Waals surface area contributed by atoms with Crippen molar-refractivity contribution in [1.82, 2.24) is 4.90 Å². The second kappa shape index (κ2) is 3.58. The molecule has 1 fully saturated rings. The van der Waals surface area contributed by atoms with Crippen LogP contribution < -0.4 is 5.32 Å². The molecule has 2 amide bonds. The second-order valence-electron chi connectivity index (χ2n) is 4.80. The summed E-state index contributed by atoms with van der Waals surface area (Å²) >= 11 is 0. The number of urea groups is 1. The molecule has 88 valence electrons. The van der Waals surface area contributed by atoms with Crippen molar-refractivity contribution in [2.75, 3.05) is 12.4 Å². The first kappa shape index (κ1) is 10.3. The van der Waals surface area contributed by atoms with Crippen LogP contribution in [0.15, 0.2) is 18.2 Å². The summed E-state index contributed by atoms with van der Waals surface area (Å²) in [5, 5.41) is 2.80. The van der Waals surface area contributed by atoms with E-state index in [1.54, 1.807) is 11.9 Å². The van der Waals surface area contributed by atoms with Gasteiger partial charge in [-0.25, -0.2) is 4.79 Å². The first-order valence-corrected chi connectivity index (χ1v) is 5.84. The van der Waals surface area contributed by atoms with E-state index < -0.39 is 0 Å². The van der Waals surface area contributed by atoms with Crippen LogP contribution in [0.4, 0.5) is 10.5 Å². The van der Waals surface area contributed by atoms with Gasteiger partial charge in [0.05, 0.1) is 0 Å².